The molecular weight excluding hydrogens is 230 g/mol. The summed E-state index contributed by atoms with van der Waals surface area (Å²) in [6.07, 6.45) is 4.99. The molecule has 2 rings (SSSR count). The van der Waals surface area contributed by atoms with Gasteiger partial charge in [0, 0.05) is 5.56 Å². The lowest BCUT2D eigenvalue weighted by molar-refractivity contribution is 0.517. The molecule has 0 aliphatic carbocycles. The van der Waals surface area contributed by atoms with Crippen LogP contribution in [0.1, 0.15) is 24.7 Å². The minimum absolute atomic E-state index is 0.588. The van der Waals surface area contributed by atoms with Crippen molar-refractivity contribution >= 4 is 11.6 Å². The van der Waals surface area contributed by atoms with Crippen molar-refractivity contribution in [3.05, 3.63) is 36.0 Å². The second kappa shape index (κ2) is 6.02. The fourth-order valence-corrected chi connectivity index (χ4v) is 1.76. The summed E-state index contributed by atoms with van der Waals surface area (Å²) in [5, 5.41) is 3.23. The predicted octanol–water partition coefficient (Wildman–Crippen LogP) is 1.92. The molecule has 96 valence electrons. The van der Waals surface area contributed by atoms with Gasteiger partial charge >= 0.3 is 0 Å². The number of nitrogens with one attached hydrogen (secondary N) is 2. The third-order valence-corrected chi connectivity index (χ3v) is 2.59. The summed E-state index contributed by atoms with van der Waals surface area (Å²) >= 11 is 0. The van der Waals surface area contributed by atoms with Crippen LogP contribution in [0.4, 0.5) is 11.6 Å². The van der Waals surface area contributed by atoms with Gasteiger partial charge in [-0.15, -0.1) is 0 Å². The quantitative estimate of drug-likeness (QED) is 0.534. The normalized spacial score (nSPS) is 10.3. The summed E-state index contributed by atoms with van der Waals surface area (Å²) in [4.78, 5) is 8.36. The smallest absolute Gasteiger partial charge is 0.148 e. The zero-order valence-electron chi connectivity index (χ0n) is 10.3. The molecule has 0 aliphatic heterocycles. The standard InChI is InChI=1S/C12H17N5O/c1-2-4-10-11(15-8-16-12(10)17-13)14-7-9-5-3-6-18-9/h3,5-6,8H,2,4,7,13H2,1H3,(H2,14,15,16,17). The Bertz CT molecular complexity index is 483. The van der Waals surface area contributed by atoms with Crippen molar-refractivity contribution < 1.29 is 4.42 Å². The van der Waals surface area contributed by atoms with Gasteiger partial charge in [-0.2, -0.15) is 0 Å². The van der Waals surface area contributed by atoms with E-state index in [1.54, 1.807) is 6.26 Å². The number of anilines is 2. The van der Waals surface area contributed by atoms with Crippen LogP contribution in [0.3, 0.4) is 0 Å². The van der Waals surface area contributed by atoms with E-state index in [4.69, 9.17) is 10.3 Å². The highest BCUT2D eigenvalue weighted by Crippen LogP contribution is 2.21. The van der Waals surface area contributed by atoms with Crippen LogP contribution in [0.15, 0.2) is 29.1 Å². The molecule has 0 aliphatic rings. The van der Waals surface area contributed by atoms with Crippen LogP contribution in [-0.2, 0) is 13.0 Å². The Morgan fingerprint density at radius 1 is 1.33 bits per heavy atom. The first-order valence-corrected chi connectivity index (χ1v) is 5.92. The molecule has 0 fully saturated rings. The van der Waals surface area contributed by atoms with E-state index < -0.39 is 0 Å². The van der Waals surface area contributed by atoms with E-state index in [-0.39, 0.29) is 0 Å². The Balaban J connectivity index is 2.15. The minimum atomic E-state index is 0.588. The van der Waals surface area contributed by atoms with Crippen molar-refractivity contribution in [2.75, 3.05) is 10.7 Å². The van der Waals surface area contributed by atoms with Crippen LogP contribution in [0, 0.1) is 0 Å². The van der Waals surface area contributed by atoms with Gasteiger partial charge in [0.25, 0.3) is 0 Å². The third-order valence-electron chi connectivity index (χ3n) is 2.59. The summed E-state index contributed by atoms with van der Waals surface area (Å²) in [6.45, 7) is 2.69. The highest BCUT2D eigenvalue weighted by Gasteiger charge is 2.09. The lowest BCUT2D eigenvalue weighted by Gasteiger charge is -2.12. The Morgan fingerprint density at radius 2 is 2.17 bits per heavy atom. The van der Waals surface area contributed by atoms with E-state index in [1.165, 1.54) is 6.33 Å². The van der Waals surface area contributed by atoms with Crippen molar-refractivity contribution in [3.8, 4) is 0 Å². The van der Waals surface area contributed by atoms with Gasteiger partial charge in [-0.25, -0.2) is 15.8 Å². The molecular formula is C12H17N5O. The molecule has 18 heavy (non-hydrogen) atoms. The van der Waals surface area contributed by atoms with E-state index >= 15 is 0 Å². The van der Waals surface area contributed by atoms with Gasteiger partial charge in [0.2, 0.25) is 0 Å². The lowest BCUT2D eigenvalue weighted by Crippen LogP contribution is -2.14. The second-order valence-corrected chi connectivity index (χ2v) is 3.88. The SMILES string of the molecule is CCCc1c(NN)ncnc1NCc1ccco1. The average Bonchev–Trinajstić information content (AvgIpc) is 2.91. The molecule has 6 heteroatoms. The average molecular weight is 247 g/mol. The van der Waals surface area contributed by atoms with Gasteiger partial charge in [-0.05, 0) is 18.6 Å². The fourth-order valence-electron chi connectivity index (χ4n) is 1.76. The topological polar surface area (TPSA) is 89.0 Å². The maximum Gasteiger partial charge on any atom is 0.148 e. The van der Waals surface area contributed by atoms with Crippen molar-refractivity contribution in [1.29, 1.82) is 0 Å². The predicted molar refractivity (Wildman–Crippen MR) is 69.9 cm³/mol. The Hall–Kier alpha value is -2.08. The molecule has 0 radical (unpaired) electrons. The zero-order chi connectivity index (χ0) is 12.8. The van der Waals surface area contributed by atoms with Crippen molar-refractivity contribution in [1.82, 2.24) is 9.97 Å². The third kappa shape index (κ3) is 2.78. The van der Waals surface area contributed by atoms with Crippen LogP contribution in [0.5, 0.6) is 0 Å². The monoisotopic (exact) mass is 247 g/mol. The summed E-state index contributed by atoms with van der Waals surface area (Å²) in [5.41, 5.74) is 3.59. The van der Waals surface area contributed by atoms with E-state index in [0.717, 1.165) is 30.0 Å². The Labute approximate surface area is 106 Å². The number of furan rings is 1. The van der Waals surface area contributed by atoms with Gasteiger partial charge in [0.15, 0.2) is 0 Å². The van der Waals surface area contributed by atoms with Crippen LogP contribution >= 0.6 is 0 Å². The van der Waals surface area contributed by atoms with Gasteiger partial charge in [0.05, 0.1) is 12.8 Å². The number of hydrazine groups is 1. The van der Waals surface area contributed by atoms with Crippen molar-refractivity contribution in [2.24, 2.45) is 5.84 Å². The second-order valence-electron chi connectivity index (χ2n) is 3.88. The number of nitrogen functional groups attached to an aromatic ring is 1. The van der Waals surface area contributed by atoms with E-state index in [9.17, 15) is 0 Å². The van der Waals surface area contributed by atoms with Crippen molar-refractivity contribution in [2.45, 2.75) is 26.3 Å². The largest absolute Gasteiger partial charge is 0.467 e. The first-order chi connectivity index (χ1) is 8.85. The minimum Gasteiger partial charge on any atom is -0.467 e. The molecule has 6 nitrogen and oxygen atoms in total. The molecule has 0 bridgehead atoms. The number of rotatable bonds is 6. The molecule has 2 aromatic heterocycles. The van der Waals surface area contributed by atoms with Crippen LogP contribution in [0.25, 0.3) is 0 Å². The maximum atomic E-state index is 5.45. The van der Waals surface area contributed by atoms with E-state index in [1.807, 2.05) is 12.1 Å². The van der Waals surface area contributed by atoms with Crippen LogP contribution < -0.4 is 16.6 Å². The summed E-state index contributed by atoms with van der Waals surface area (Å²) < 4.78 is 5.27. The van der Waals surface area contributed by atoms with Crippen LogP contribution in [-0.4, -0.2) is 9.97 Å². The highest BCUT2D eigenvalue weighted by atomic mass is 16.3. The highest BCUT2D eigenvalue weighted by molar-refractivity contribution is 5.56. The molecule has 0 aromatic carbocycles. The first-order valence-electron chi connectivity index (χ1n) is 5.92. The van der Waals surface area contributed by atoms with E-state index in [2.05, 4.69) is 27.6 Å². The number of nitrogens with zero attached hydrogens (tertiary/aromatic N) is 2. The molecule has 2 aromatic rings. The maximum absolute atomic E-state index is 5.45. The number of nitrogens with two attached hydrogens (primary N) is 1. The number of aromatic nitrogens is 2. The summed E-state index contributed by atoms with van der Waals surface area (Å²) in [5.74, 6) is 7.76. The molecule has 0 saturated carbocycles. The van der Waals surface area contributed by atoms with E-state index in [0.29, 0.717) is 12.4 Å². The molecule has 0 saturated heterocycles. The molecule has 4 N–H and O–H groups in total. The van der Waals surface area contributed by atoms with Gasteiger partial charge < -0.3 is 15.2 Å². The van der Waals surface area contributed by atoms with Gasteiger partial charge in [0.1, 0.15) is 23.7 Å². The summed E-state index contributed by atoms with van der Waals surface area (Å²) in [7, 11) is 0. The number of hydrogen-bond donors (Lipinski definition) is 3. The molecule has 0 atom stereocenters. The first kappa shape index (κ1) is 12.4. The Morgan fingerprint density at radius 3 is 2.83 bits per heavy atom. The fraction of sp³-hybridized carbons (Fsp3) is 0.333. The lowest BCUT2D eigenvalue weighted by atomic mass is 10.1. The molecule has 0 spiro atoms. The summed E-state index contributed by atoms with van der Waals surface area (Å²) in [6, 6.07) is 3.77. The zero-order valence-corrected chi connectivity index (χ0v) is 10.3. The Kier molecular flexibility index (Phi) is 4.14. The van der Waals surface area contributed by atoms with Gasteiger partial charge in [-0.1, -0.05) is 13.3 Å². The number of hydrogen-bond acceptors (Lipinski definition) is 6. The van der Waals surface area contributed by atoms with Crippen LogP contribution in [0.2, 0.25) is 0 Å². The molecule has 2 heterocycles. The molecule has 0 unspecified atom stereocenters. The van der Waals surface area contributed by atoms with Gasteiger partial charge in [-0.3, -0.25) is 0 Å². The molecule has 0 amide bonds. The van der Waals surface area contributed by atoms with Crippen molar-refractivity contribution in [3.63, 3.8) is 0 Å².